The second-order valence-corrected chi connectivity index (χ2v) is 6.39. The molecule has 124 valence electrons. The predicted molar refractivity (Wildman–Crippen MR) is 94.9 cm³/mol. The van der Waals surface area contributed by atoms with Crippen LogP contribution >= 0.6 is 23.7 Å². The fourth-order valence-electron chi connectivity index (χ4n) is 2.55. The number of nitrogens with two attached hydrogens (primary N) is 1. The summed E-state index contributed by atoms with van der Waals surface area (Å²) < 4.78 is 5.30. The fraction of sp³-hybridized carbons (Fsp3) is 0.375. The lowest BCUT2D eigenvalue weighted by atomic mass is 9.92. The maximum Gasteiger partial charge on any atom is 0.243 e. The van der Waals surface area contributed by atoms with Crippen LogP contribution in [0, 0.1) is 5.92 Å². The topological polar surface area (TPSA) is 77.2 Å². The second-order valence-electron chi connectivity index (χ2n) is 5.36. The number of thiazole rings is 1. The van der Waals surface area contributed by atoms with Crippen molar-refractivity contribution in [3.05, 3.63) is 36.5 Å². The molecule has 1 aromatic heterocycles. The molecule has 1 aliphatic heterocycles. The van der Waals surface area contributed by atoms with E-state index in [-0.39, 0.29) is 24.2 Å². The van der Waals surface area contributed by atoms with Gasteiger partial charge in [0.15, 0.2) is 5.13 Å². The summed E-state index contributed by atoms with van der Waals surface area (Å²) in [6.07, 6.45) is 3.44. The van der Waals surface area contributed by atoms with Crippen molar-refractivity contribution in [3.8, 4) is 10.4 Å². The van der Waals surface area contributed by atoms with Crippen molar-refractivity contribution in [1.29, 1.82) is 0 Å². The van der Waals surface area contributed by atoms with Gasteiger partial charge in [0.1, 0.15) is 0 Å². The van der Waals surface area contributed by atoms with E-state index in [1.807, 2.05) is 30.3 Å². The molecule has 0 aliphatic carbocycles. The summed E-state index contributed by atoms with van der Waals surface area (Å²) in [5, 5.41) is 3.42. The van der Waals surface area contributed by atoms with E-state index in [0.717, 1.165) is 23.3 Å². The van der Waals surface area contributed by atoms with Crippen LogP contribution < -0.4 is 11.1 Å². The molecule has 3 N–H and O–H groups in total. The maximum absolute atomic E-state index is 12.2. The van der Waals surface area contributed by atoms with Crippen LogP contribution in [-0.2, 0) is 9.53 Å². The van der Waals surface area contributed by atoms with Crippen molar-refractivity contribution >= 4 is 34.8 Å². The van der Waals surface area contributed by atoms with E-state index >= 15 is 0 Å². The molecule has 1 fully saturated rings. The van der Waals surface area contributed by atoms with Crippen molar-refractivity contribution in [2.45, 2.75) is 18.9 Å². The minimum atomic E-state index is -0.507. The molecule has 1 atom stereocenters. The van der Waals surface area contributed by atoms with E-state index in [9.17, 15) is 4.79 Å². The molecule has 3 rings (SSSR count). The van der Waals surface area contributed by atoms with Crippen LogP contribution in [0.4, 0.5) is 5.13 Å². The number of carbonyl (C=O) groups is 1. The molecule has 7 heteroatoms. The van der Waals surface area contributed by atoms with Crippen LogP contribution in [0.5, 0.6) is 0 Å². The van der Waals surface area contributed by atoms with E-state index in [0.29, 0.717) is 18.3 Å². The van der Waals surface area contributed by atoms with E-state index in [1.54, 1.807) is 6.20 Å². The van der Waals surface area contributed by atoms with Crippen LogP contribution in [0.2, 0.25) is 0 Å². The average molecular weight is 354 g/mol. The number of halogens is 1. The van der Waals surface area contributed by atoms with Crippen LogP contribution in [0.25, 0.3) is 10.4 Å². The summed E-state index contributed by atoms with van der Waals surface area (Å²) in [6, 6.07) is 9.47. The minimum Gasteiger partial charge on any atom is -0.381 e. The number of nitrogens with zero attached hydrogens (tertiary/aromatic N) is 1. The summed E-state index contributed by atoms with van der Waals surface area (Å²) in [7, 11) is 0. The lowest BCUT2D eigenvalue weighted by molar-refractivity contribution is -0.119. The highest BCUT2D eigenvalue weighted by Gasteiger charge is 2.27. The number of nitrogens with one attached hydrogen (secondary N) is 1. The quantitative estimate of drug-likeness (QED) is 0.886. The maximum atomic E-state index is 12.2. The molecule has 0 radical (unpaired) electrons. The van der Waals surface area contributed by atoms with Gasteiger partial charge in [0.2, 0.25) is 5.91 Å². The summed E-state index contributed by atoms with van der Waals surface area (Å²) in [5.74, 6) is 0.0168. The molecule has 1 saturated heterocycles. The summed E-state index contributed by atoms with van der Waals surface area (Å²) in [6.45, 7) is 1.36. The van der Waals surface area contributed by atoms with Crippen molar-refractivity contribution in [3.63, 3.8) is 0 Å². The molecule has 2 heterocycles. The molecule has 2 aromatic rings. The number of hydrogen-bond donors (Lipinski definition) is 2. The van der Waals surface area contributed by atoms with Gasteiger partial charge in [-0.2, -0.15) is 0 Å². The zero-order valence-corrected chi connectivity index (χ0v) is 14.2. The SMILES string of the molecule is Cl.NC(C(=O)Nc1ncc(-c2ccccc2)s1)C1CCOCC1. The van der Waals surface area contributed by atoms with Crippen molar-refractivity contribution in [2.75, 3.05) is 18.5 Å². The first kappa shape index (κ1) is 17.9. The van der Waals surface area contributed by atoms with Crippen LogP contribution in [0.1, 0.15) is 12.8 Å². The minimum absolute atomic E-state index is 0. The average Bonchev–Trinajstić information content (AvgIpc) is 3.04. The van der Waals surface area contributed by atoms with E-state index in [2.05, 4.69) is 10.3 Å². The van der Waals surface area contributed by atoms with E-state index < -0.39 is 6.04 Å². The highest BCUT2D eigenvalue weighted by atomic mass is 35.5. The zero-order chi connectivity index (χ0) is 15.4. The smallest absolute Gasteiger partial charge is 0.243 e. The Labute approximate surface area is 145 Å². The van der Waals surface area contributed by atoms with Gasteiger partial charge < -0.3 is 15.8 Å². The molecular formula is C16H20ClN3O2S. The number of benzene rings is 1. The molecule has 5 nitrogen and oxygen atoms in total. The highest BCUT2D eigenvalue weighted by molar-refractivity contribution is 7.19. The van der Waals surface area contributed by atoms with Crippen molar-refractivity contribution in [1.82, 2.24) is 4.98 Å². The standard InChI is InChI=1S/C16H19N3O2S.ClH/c17-14(12-6-8-21-9-7-12)15(20)19-16-18-10-13(22-16)11-4-2-1-3-5-11;/h1-5,10,12,14H,6-9,17H2,(H,18,19,20);1H. The third kappa shape index (κ3) is 4.51. The Kier molecular flexibility index (Phi) is 6.53. The van der Waals surface area contributed by atoms with E-state index in [4.69, 9.17) is 10.5 Å². The number of hydrogen-bond acceptors (Lipinski definition) is 5. The number of amides is 1. The number of carbonyl (C=O) groups excluding carboxylic acids is 1. The Morgan fingerprint density at radius 3 is 2.70 bits per heavy atom. The van der Waals surface area contributed by atoms with Gasteiger partial charge in [0.25, 0.3) is 0 Å². The Hall–Kier alpha value is -1.47. The van der Waals surface area contributed by atoms with Gasteiger partial charge >= 0.3 is 0 Å². The molecular weight excluding hydrogens is 334 g/mol. The van der Waals surface area contributed by atoms with E-state index in [1.165, 1.54) is 11.3 Å². The summed E-state index contributed by atoms with van der Waals surface area (Å²) in [4.78, 5) is 17.5. The number of aromatic nitrogens is 1. The van der Waals surface area contributed by atoms with Gasteiger partial charge in [-0.15, -0.1) is 12.4 Å². The van der Waals surface area contributed by atoms with Crippen molar-refractivity contribution in [2.24, 2.45) is 11.7 Å². The molecule has 1 aliphatic rings. The molecule has 1 amide bonds. The van der Waals surface area contributed by atoms with Crippen molar-refractivity contribution < 1.29 is 9.53 Å². The van der Waals surface area contributed by atoms with Gasteiger partial charge in [0.05, 0.1) is 10.9 Å². The van der Waals surface area contributed by atoms with Crippen LogP contribution in [0.15, 0.2) is 36.5 Å². The predicted octanol–water partition coefficient (Wildman–Crippen LogP) is 2.92. The summed E-state index contributed by atoms with van der Waals surface area (Å²) in [5.41, 5.74) is 7.16. The Morgan fingerprint density at radius 1 is 1.30 bits per heavy atom. The number of rotatable bonds is 4. The van der Waals surface area contributed by atoms with Gasteiger partial charge in [-0.1, -0.05) is 41.7 Å². The number of anilines is 1. The highest BCUT2D eigenvalue weighted by Crippen LogP contribution is 2.29. The molecule has 23 heavy (non-hydrogen) atoms. The number of ether oxygens (including phenoxy) is 1. The van der Waals surface area contributed by atoms with Gasteiger partial charge in [-0.3, -0.25) is 4.79 Å². The Bertz CT molecular complexity index is 629. The lowest BCUT2D eigenvalue weighted by Gasteiger charge is -2.26. The van der Waals surface area contributed by atoms with Gasteiger partial charge in [-0.25, -0.2) is 4.98 Å². The lowest BCUT2D eigenvalue weighted by Crippen LogP contribution is -2.43. The first-order valence-corrected chi connectivity index (χ1v) is 8.21. The fourth-order valence-corrected chi connectivity index (χ4v) is 3.37. The third-order valence-electron chi connectivity index (χ3n) is 3.87. The molecule has 0 spiro atoms. The van der Waals surface area contributed by atoms with Gasteiger partial charge in [0, 0.05) is 19.4 Å². The molecule has 0 saturated carbocycles. The molecule has 1 aromatic carbocycles. The van der Waals surface area contributed by atoms with Crippen LogP contribution in [-0.4, -0.2) is 30.1 Å². The zero-order valence-electron chi connectivity index (χ0n) is 12.6. The second kappa shape index (κ2) is 8.40. The summed E-state index contributed by atoms with van der Waals surface area (Å²) >= 11 is 1.46. The Morgan fingerprint density at radius 2 is 2.00 bits per heavy atom. The van der Waals surface area contributed by atoms with Gasteiger partial charge in [-0.05, 0) is 24.3 Å². The molecule has 0 bridgehead atoms. The third-order valence-corrected chi connectivity index (χ3v) is 4.83. The first-order chi connectivity index (χ1) is 10.7. The largest absolute Gasteiger partial charge is 0.381 e. The van der Waals surface area contributed by atoms with Crippen LogP contribution in [0.3, 0.4) is 0 Å². The Balaban J connectivity index is 0.00000192. The molecule has 1 unspecified atom stereocenters. The normalized spacial score (nSPS) is 16.4. The monoisotopic (exact) mass is 353 g/mol. The first-order valence-electron chi connectivity index (χ1n) is 7.39.